The van der Waals surface area contributed by atoms with Crippen molar-refractivity contribution in [1.29, 1.82) is 0 Å². The first kappa shape index (κ1) is 13.6. The summed E-state index contributed by atoms with van der Waals surface area (Å²) < 4.78 is 1.19. The lowest BCUT2D eigenvalue weighted by atomic mass is 10.0. The van der Waals surface area contributed by atoms with Gasteiger partial charge in [0.2, 0.25) is 0 Å². The predicted octanol–water partition coefficient (Wildman–Crippen LogP) is 4.51. The van der Waals surface area contributed by atoms with Gasteiger partial charge in [-0.3, -0.25) is 0 Å². The van der Waals surface area contributed by atoms with Gasteiger partial charge in [0.25, 0.3) is 0 Å². The lowest BCUT2D eigenvalue weighted by Gasteiger charge is -2.08. The number of nitrogen functional groups attached to an aromatic ring is 1. The van der Waals surface area contributed by atoms with Crippen LogP contribution in [0.4, 0.5) is 5.13 Å². The molecule has 0 aliphatic heterocycles. The van der Waals surface area contributed by atoms with Gasteiger partial charge in [0, 0.05) is 15.8 Å². The molecule has 0 spiro atoms. The highest BCUT2D eigenvalue weighted by atomic mass is 79.9. The number of aromatic nitrogens is 1. The van der Waals surface area contributed by atoms with E-state index in [4.69, 9.17) is 5.73 Å². The van der Waals surface area contributed by atoms with Crippen LogP contribution >= 0.6 is 27.3 Å². The number of aryl methyl sites for hydroxylation is 1. The van der Waals surface area contributed by atoms with Crippen molar-refractivity contribution in [3.8, 4) is 0 Å². The van der Waals surface area contributed by atoms with Gasteiger partial charge in [0.05, 0.1) is 5.69 Å². The molecule has 96 valence electrons. The maximum absolute atomic E-state index is 5.83. The molecule has 0 unspecified atom stereocenters. The second-order valence-electron chi connectivity index (χ2n) is 4.74. The van der Waals surface area contributed by atoms with E-state index in [2.05, 4.69) is 59.9 Å². The first-order chi connectivity index (χ1) is 8.49. The molecule has 1 heterocycles. The Morgan fingerprint density at radius 2 is 2.11 bits per heavy atom. The number of hydrogen-bond donors (Lipinski definition) is 1. The lowest BCUT2D eigenvalue weighted by Crippen LogP contribution is -1.96. The van der Waals surface area contributed by atoms with Gasteiger partial charge in [0.1, 0.15) is 0 Å². The number of thiazole rings is 1. The molecule has 0 radical (unpaired) electrons. The van der Waals surface area contributed by atoms with E-state index in [0.29, 0.717) is 11.0 Å². The summed E-state index contributed by atoms with van der Waals surface area (Å²) in [6.45, 7) is 6.42. The van der Waals surface area contributed by atoms with E-state index in [1.54, 1.807) is 11.3 Å². The van der Waals surface area contributed by atoms with Crippen molar-refractivity contribution in [2.24, 2.45) is 0 Å². The van der Waals surface area contributed by atoms with E-state index >= 15 is 0 Å². The fourth-order valence-electron chi connectivity index (χ4n) is 1.98. The number of hydrogen-bond acceptors (Lipinski definition) is 3. The minimum absolute atomic E-state index is 0.414. The quantitative estimate of drug-likeness (QED) is 0.902. The third-order valence-corrected chi connectivity index (χ3v) is 4.95. The van der Waals surface area contributed by atoms with Crippen LogP contribution in [0.15, 0.2) is 22.7 Å². The molecule has 2 rings (SSSR count). The number of rotatable bonds is 3. The summed E-state index contributed by atoms with van der Waals surface area (Å²) in [6.07, 6.45) is 0.893. The van der Waals surface area contributed by atoms with Crippen LogP contribution in [-0.2, 0) is 6.42 Å². The van der Waals surface area contributed by atoms with Crippen LogP contribution in [0.2, 0.25) is 0 Å². The SMILES string of the molecule is Cc1cccc(Cc2sc(N)nc2C(C)C)c1Br. The Kier molecular flexibility index (Phi) is 4.07. The summed E-state index contributed by atoms with van der Waals surface area (Å²) >= 11 is 5.26. The highest BCUT2D eigenvalue weighted by molar-refractivity contribution is 9.10. The van der Waals surface area contributed by atoms with E-state index in [0.717, 1.165) is 12.1 Å². The minimum Gasteiger partial charge on any atom is -0.375 e. The molecular formula is C14H17BrN2S. The molecule has 2 N–H and O–H groups in total. The Labute approximate surface area is 120 Å². The Balaban J connectivity index is 2.37. The summed E-state index contributed by atoms with van der Waals surface area (Å²) in [7, 11) is 0. The molecule has 2 aromatic rings. The van der Waals surface area contributed by atoms with Crippen molar-refractivity contribution >= 4 is 32.4 Å². The van der Waals surface area contributed by atoms with E-state index in [-0.39, 0.29) is 0 Å². The van der Waals surface area contributed by atoms with Crippen LogP contribution in [0.3, 0.4) is 0 Å². The third-order valence-electron chi connectivity index (χ3n) is 2.91. The van der Waals surface area contributed by atoms with Crippen LogP contribution < -0.4 is 5.73 Å². The summed E-state index contributed by atoms with van der Waals surface area (Å²) in [5, 5.41) is 0.664. The summed E-state index contributed by atoms with van der Waals surface area (Å²) in [5.74, 6) is 0.414. The smallest absolute Gasteiger partial charge is 0.180 e. The number of halogens is 1. The maximum Gasteiger partial charge on any atom is 0.180 e. The molecule has 0 amide bonds. The van der Waals surface area contributed by atoms with Crippen molar-refractivity contribution < 1.29 is 0 Å². The third kappa shape index (κ3) is 2.75. The largest absolute Gasteiger partial charge is 0.375 e. The van der Waals surface area contributed by atoms with Gasteiger partial charge >= 0.3 is 0 Å². The monoisotopic (exact) mass is 324 g/mol. The van der Waals surface area contributed by atoms with Gasteiger partial charge in [-0.25, -0.2) is 4.98 Å². The average Bonchev–Trinajstić information content (AvgIpc) is 2.66. The molecule has 18 heavy (non-hydrogen) atoms. The van der Waals surface area contributed by atoms with Crippen molar-refractivity contribution in [2.75, 3.05) is 5.73 Å². The molecule has 4 heteroatoms. The summed E-state index contributed by atoms with van der Waals surface area (Å²) in [6, 6.07) is 6.35. The predicted molar refractivity (Wildman–Crippen MR) is 82.3 cm³/mol. The van der Waals surface area contributed by atoms with Crippen LogP contribution in [0.5, 0.6) is 0 Å². The molecule has 1 aromatic heterocycles. The summed E-state index contributed by atoms with van der Waals surface area (Å²) in [4.78, 5) is 5.71. The zero-order valence-corrected chi connectivity index (χ0v) is 13.2. The average molecular weight is 325 g/mol. The van der Waals surface area contributed by atoms with Gasteiger partial charge in [0.15, 0.2) is 5.13 Å². The topological polar surface area (TPSA) is 38.9 Å². The van der Waals surface area contributed by atoms with E-state index in [1.165, 1.54) is 20.5 Å². The number of anilines is 1. The molecular weight excluding hydrogens is 308 g/mol. The first-order valence-electron chi connectivity index (χ1n) is 5.98. The summed E-state index contributed by atoms with van der Waals surface area (Å²) in [5.41, 5.74) is 9.52. The zero-order valence-electron chi connectivity index (χ0n) is 10.8. The maximum atomic E-state index is 5.83. The Bertz CT molecular complexity index is 561. The van der Waals surface area contributed by atoms with Crippen molar-refractivity contribution in [2.45, 2.75) is 33.1 Å². The molecule has 0 atom stereocenters. The highest BCUT2D eigenvalue weighted by Gasteiger charge is 2.14. The minimum atomic E-state index is 0.414. The Morgan fingerprint density at radius 3 is 2.78 bits per heavy atom. The molecule has 1 aromatic carbocycles. The van der Waals surface area contributed by atoms with Gasteiger partial charge < -0.3 is 5.73 Å². The molecule has 0 aliphatic rings. The van der Waals surface area contributed by atoms with Gasteiger partial charge in [-0.2, -0.15) is 0 Å². The second kappa shape index (κ2) is 5.41. The molecule has 0 bridgehead atoms. The number of nitrogens with two attached hydrogens (primary N) is 1. The van der Waals surface area contributed by atoms with Crippen molar-refractivity contribution in [3.63, 3.8) is 0 Å². The zero-order chi connectivity index (χ0) is 13.3. The molecule has 2 nitrogen and oxygen atoms in total. The van der Waals surface area contributed by atoms with Crippen LogP contribution in [-0.4, -0.2) is 4.98 Å². The normalized spacial score (nSPS) is 11.2. The lowest BCUT2D eigenvalue weighted by molar-refractivity contribution is 0.820. The molecule has 0 saturated heterocycles. The first-order valence-corrected chi connectivity index (χ1v) is 7.59. The van der Waals surface area contributed by atoms with E-state index in [1.807, 2.05) is 0 Å². The van der Waals surface area contributed by atoms with Gasteiger partial charge in [-0.1, -0.05) is 48.0 Å². The number of benzene rings is 1. The second-order valence-corrected chi connectivity index (χ2v) is 6.65. The van der Waals surface area contributed by atoms with Gasteiger partial charge in [-0.05, 0) is 24.0 Å². The molecule has 0 aliphatic carbocycles. The molecule has 0 fully saturated rings. The van der Waals surface area contributed by atoms with Crippen molar-refractivity contribution in [3.05, 3.63) is 44.4 Å². The van der Waals surface area contributed by atoms with E-state index < -0.39 is 0 Å². The Hall–Kier alpha value is -0.870. The van der Waals surface area contributed by atoms with Gasteiger partial charge in [-0.15, -0.1) is 11.3 Å². The fourth-order valence-corrected chi connectivity index (χ4v) is 3.39. The standard InChI is InChI=1S/C14H17BrN2S/c1-8(2)13-11(18-14(16)17-13)7-10-6-4-5-9(3)12(10)15/h4-6,8H,7H2,1-3H3,(H2,16,17). The Morgan fingerprint density at radius 1 is 1.39 bits per heavy atom. The van der Waals surface area contributed by atoms with E-state index in [9.17, 15) is 0 Å². The highest BCUT2D eigenvalue weighted by Crippen LogP contribution is 2.31. The molecule has 0 saturated carbocycles. The van der Waals surface area contributed by atoms with Crippen molar-refractivity contribution in [1.82, 2.24) is 4.98 Å². The van der Waals surface area contributed by atoms with Crippen LogP contribution in [0.25, 0.3) is 0 Å². The van der Waals surface area contributed by atoms with Crippen LogP contribution in [0.1, 0.15) is 41.5 Å². The fraction of sp³-hybridized carbons (Fsp3) is 0.357. The van der Waals surface area contributed by atoms with Crippen LogP contribution in [0, 0.1) is 6.92 Å². The number of nitrogens with zero attached hydrogens (tertiary/aromatic N) is 1.